The van der Waals surface area contributed by atoms with Crippen molar-refractivity contribution in [3.8, 4) is 0 Å². The number of halogens is 1. The highest BCUT2D eigenvalue weighted by Crippen LogP contribution is 2.66. The Kier molecular flexibility index (Phi) is 4.54. The van der Waals surface area contributed by atoms with Gasteiger partial charge < -0.3 is 4.74 Å². The Labute approximate surface area is 128 Å². The maximum atomic E-state index is 12.7. The molecule has 0 aromatic rings. The Morgan fingerprint density at radius 3 is 2.45 bits per heavy atom. The van der Waals surface area contributed by atoms with Gasteiger partial charge in [0.25, 0.3) is 0 Å². The molecule has 116 valence electrons. The molecule has 3 nitrogen and oxygen atoms in total. The third-order valence-corrected chi connectivity index (χ3v) is 6.53. The van der Waals surface area contributed by atoms with E-state index in [0.717, 1.165) is 45.7 Å². The number of Topliss-reactive ketones (excluding diaryl/α,β-unsaturated/α-hetero) is 1. The zero-order valence-electron chi connectivity index (χ0n) is 13.0. The average molecular weight is 302 g/mol. The molecule has 2 saturated carbocycles. The molecule has 1 heterocycles. The van der Waals surface area contributed by atoms with Crippen LogP contribution in [0.5, 0.6) is 0 Å². The van der Waals surface area contributed by atoms with Crippen LogP contribution in [-0.2, 0) is 9.53 Å². The van der Waals surface area contributed by atoms with Gasteiger partial charge in [-0.15, -0.1) is 12.4 Å². The Bertz CT molecular complexity index is 379. The molecule has 0 amide bonds. The molecule has 3 rings (SSSR count). The maximum Gasteiger partial charge on any atom is 0.142 e. The summed E-state index contributed by atoms with van der Waals surface area (Å²) in [5.41, 5.74) is 0.160. The summed E-state index contributed by atoms with van der Waals surface area (Å²) in [5.74, 6) is 1.49. The van der Waals surface area contributed by atoms with Crippen molar-refractivity contribution in [1.29, 1.82) is 0 Å². The molecule has 20 heavy (non-hydrogen) atoms. The van der Waals surface area contributed by atoms with Crippen LogP contribution in [-0.4, -0.2) is 43.5 Å². The predicted molar refractivity (Wildman–Crippen MR) is 82.2 cm³/mol. The van der Waals surface area contributed by atoms with Gasteiger partial charge >= 0.3 is 0 Å². The second-order valence-corrected chi connectivity index (χ2v) is 7.41. The smallest absolute Gasteiger partial charge is 0.142 e. The van der Waals surface area contributed by atoms with Crippen LogP contribution in [0.2, 0.25) is 0 Å². The average Bonchev–Trinajstić information content (AvgIpc) is 2.70. The molecule has 1 saturated heterocycles. The van der Waals surface area contributed by atoms with Crippen molar-refractivity contribution in [2.45, 2.75) is 40.0 Å². The van der Waals surface area contributed by atoms with Crippen LogP contribution in [0.15, 0.2) is 0 Å². The van der Waals surface area contributed by atoms with Crippen molar-refractivity contribution in [3.05, 3.63) is 0 Å². The maximum absolute atomic E-state index is 12.7. The fourth-order valence-electron chi connectivity index (χ4n) is 4.75. The SMILES string of the molecule is CC12CCC(C(CCN3CCOCC3)C1=O)C2(C)C.Cl. The number of rotatable bonds is 3. The van der Waals surface area contributed by atoms with Gasteiger partial charge in [0, 0.05) is 24.4 Å². The Morgan fingerprint density at radius 2 is 1.90 bits per heavy atom. The highest BCUT2D eigenvalue weighted by molar-refractivity contribution is 5.91. The summed E-state index contributed by atoms with van der Waals surface area (Å²) >= 11 is 0. The predicted octanol–water partition coefficient (Wildman–Crippen LogP) is 2.77. The molecule has 3 aliphatic rings. The van der Waals surface area contributed by atoms with Gasteiger partial charge in [-0.05, 0) is 37.1 Å². The van der Waals surface area contributed by atoms with E-state index in [1.807, 2.05) is 0 Å². The zero-order chi connectivity index (χ0) is 13.7. The van der Waals surface area contributed by atoms with Gasteiger partial charge in [0.1, 0.15) is 5.78 Å². The fourth-order valence-corrected chi connectivity index (χ4v) is 4.75. The first-order valence-corrected chi connectivity index (χ1v) is 7.81. The first-order valence-electron chi connectivity index (χ1n) is 7.81. The lowest BCUT2D eigenvalue weighted by Gasteiger charge is -2.32. The monoisotopic (exact) mass is 301 g/mol. The van der Waals surface area contributed by atoms with Gasteiger partial charge in [0.05, 0.1) is 13.2 Å². The Hall–Kier alpha value is -0.120. The van der Waals surface area contributed by atoms with Crippen LogP contribution in [0.4, 0.5) is 0 Å². The molecule has 2 bridgehead atoms. The third-order valence-electron chi connectivity index (χ3n) is 6.53. The van der Waals surface area contributed by atoms with Crippen molar-refractivity contribution in [2.24, 2.45) is 22.7 Å². The summed E-state index contributed by atoms with van der Waals surface area (Å²) in [6.07, 6.45) is 3.42. The van der Waals surface area contributed by atoms with Gasteiger partial charge in [0.2, 0.25) is 0 Å². The summed E-state index contributed by atoms with van der Waals surface area (Å²) < 4.78 is 5.38. The lowest BCUT2D eigenvalue weighted by atomic mass is 9.70. The first-order chi connectivity index (χ1) is 8.97. The van der Waals surface area contributed by atoms with E-state index in [-0.39, 0.29) is 23.2 Å². The number of nitrogens with zero attached hydrogens (tertiary/aromatic N) is 1. The Balaban J connectivity index is 0.00000147. The van der Waals surface area contributed by atoms with Gasteiger partial charge in [-0.25, -0.2) is 0 Å². The van der Waals surface area contributed by atoms with Gasteiger partial charge in [0.15, 0.2) is 0 Å². The topological polar surface area (TPSA) is 29.5 Å². The van der Waals surface area contributed by atoms with Crippen LogP contribution in [0.3, 0.4) is 0 Å². The standard InChI is InChI=1S/C16H27NO2.ClH/c1-15(2)13-4-6-16(15,3)14(18)12(13)5-7-17-8-10-19-11-9-17;/h12-13H,4-11H2,1-3H3;1H. The lowest BCUT2D eigenvalue weighted by Crippen LogP contribution is -2.39. The number of hydrogen-bond acceptors (Lipinski definition) is 3. The van der Waals surface area contributed by atoms with Crippen molar-refractivity contribution >= 4 is 18.2 Å². The summed E-state index contributed by atoms with van der Waals surface area (Å²) in [6, 6.07) is 0. The highest BCUT2D eigenvalue weighted by Gasteiger charge is 2.65. The first kappa shape index (κ1) is 16.3. The number of ether oxygens (including phenoxy) is 1. The normalized spacial score (nSPS) is 39.9. The second-order valence-electron chi connectivity index (χ2n) is 7.41. The third kappa shape index (κ3) is 2.22. The molecular formula is C16H28ClNO2. The van der Waals surface area contributed by atoms with Gasteiger partial charge in [-0.1, -0.05) is 20.8 Å². The molecule has 1 aliphatic heterocycles. The van der Waals surface area contributed by atoms with Crippen LogP contribution >= 0.6 is 12.4 Å². The van der Waals surface area contributed by atoms with Crippen LogP contribution in [0, 0.1) is 22.7 Å². The minimum absolute atomic E-state index is 0. The van der Waals surface area contributed by atoms with E-state index < -0.39 is 0 Å². The molecule has 0 aromatic heterocycles. The number of hydrogen-bond donors (Lipinski definition) is 0. The molecule has 0 N–H and O–H groups in total. The molecule has 3 unspecified atom stereocenters. The Morgan fingerprint density at radius 1 is 1.25 bits per heavy atom. The number of ketones is 1. The minimum Gasteiger partial charge on any atom is -0.379 e. The van der Waals surface area contributed by atoms with E-state index in [9.17, 15) is 4.79 Å². The number of morpholine rings is 1. The van der Waals surface area contributed by atoms with Crippen LogP contribution in [0.1, 0.15) is 40.0 Å². The minimum atomic E-state index is -0.0483. The van der Waals surface area contributed by atoms with E-state index in [4.69, 9.17) is 4.74 Å². The molecule has 4 heteroatoms. The second kappa shape index (κ2) is 5.58. The van der Waals surface area contributed by atoms with Crippen LogP contribution < -0.4 is 0 Å². The van der Waals surface area contributed by atoms with Crippen LogP contribution in [0.25, 0.3) is 0 Å². The largest absolute Gasteiger partial charge is 0.379 e. The number of fused-ring (bicyclic) bond motifs is 2. The summed E-state index contributed by atoms with van der Waals surface area (Å²) in [7, 11) is 0. The van der Waals surface area contributed by atoms with Crippen molar-refractivity contribution in [3.63, 3.8) is 0 Å². The van der Waals surface area contributed by atoms with E-state index in [1.54, 1.807) is 0 Å². The summed E-state index contributed by atoms with van der Waals surface area (Å²) in [5, 5.41) is 0. The molecule has 2 aliphatic carbocycles. The summed E-state index contributed by atoms with van der Waals surface area (Å²) in [6.45, 7) is 11.7. The van der Waals surface area contributed by atoms with Crippen molar-refractivity contribution in [2.75, 3.05) is 32.8 Å². The molecule has 0 spiro atoms. The molecule has 0 aromatic carbocycles. The summed E-state index contributed by atoms with van der Waals surface area (Å²) in [4.78, 5) is 15.2. The van der Waals surface area contributed by atoms with Gasteiger partial charge in [-0.3, -0.25) is 9.69 Å². The molecular weight excluding hydrogens is 274 g/mol. The highest BCUT2D eigenvalue weighted by atomic mass is 35.5. The fraction of sp³-hybridized carbons (Fsp3) is 0.938. The lowest BCUT2D eigenvalue weighted by molar-refractivity contribution is -0.132. The van der Waals surface area contributed by atoms with E-state index in [0.29, 0.717) is 17.6 Å². The van der Waals surface area contributed by atoms with Gasteiger partial charge in [-0.2, -0.15) is 0 Å². The molecule has 0 radical (unpaired) electrons. The molecule has 3 fully saturated rings. The zero-order valence-corrected chi connectivity index (χ0v) is 13.8. The van der Waals surface area contributed by atoms with E-state index >= 15 is 0 Å². The van der Waals surface area contributed by atoms with Crippen molar-refractivity contribution < 1.29 is 9.53 Å². The molecule has 3 atom stereocenters. The van der Waals surface area contributed by atoms with Crippen molar-refractivity contribution in [1.82, 2.24) is 4.90 Å². The quantitative estimate of drug-likeness (QED) is 0.803. The number of carbonyl (C=O) groups excluding carboxylic acids is 1. The van der Waals surface area contributed by atoms with E-state index in [1.165, 1.54) is 6.42 Å². The number of carbonyl (C=O) groups is 1. The van der Waals surface area contributed by atoms with E-state index in [2.05, 4.69) is 25.7 Å².